The first-order valence-corrected chi connectivity index (χ1v) is 7.88. The number of imide groups is 1. The van der Waals surface area contributed by atoms with Crippen LogP contribution in [0.15, 0.2) is 30.3 Å². The summed E-state index contributed by atoms with van der Waals surface area (Å²) >= 11 is 0. The second kappa shape index (κ2) is 10.4. The van der Waals surface area contributed by atoms with Crippen LogP contribution in [-0.4, -0.2) is 49.6 Å². The molecular formula is C17H25N3O4. The van der Waals surface area contributed by atoms with Crippen molar-refractivity contribution in [3.63, 3.8) is 0 Å². The number of nitrogens with one attached hydrogen (secondary N) is 2. The zero-order chi connectivity index (χ0) is 17.9. The van der Waals surface area contributed by atoms with Crippen molar-refractivity contribution in [3.05, 3.63) is 35.9 Å². The van der Waals surface area contributed by atoms with Gasteiger partial charge in [0.25, 0.3) is 0 Å². The predicted octanol–water partition coefficient (Wildman–Crippen LogP) is 1.14. The summed E-state index contributed by atoms with van der Waals surface area (Å²) in [7, 11) is 1.34. The van der Waals surface area contributed by atoms with Gasteiger partial charge in [-0.25, -0.2) is 4.79 Å². The summed E-state index contributed by atoms with van der Waals surface area (Å²) < 4.78 is 4.73. The fourth-order valence-electron chi connectivity index (χ4n) is 2.26. The van der Waals surface area contributed by atoms with Gasteiger partial charge in [-0.2, -0.15) is 0 Å². The molecular weight excluding hydrogens is 310 g/mol. The van der Waals surface area contributed by atoms with Crippen LogP contribution in [0.2, 0.25) is 0 Å². The maximum absolute atomic E-state index is 12.0. The Hall–Kier alpha value is -2.41. The van der Waals surface area contributed by atoms with Gasteiger partial charge < -0.3 is 10.1 Å². The minimum atomic E-state index is -0.525. The molecule has 0 radical (unpaired) electrons. The zero-order valence-electron chi connectivity index (χ0n) is 14.4. The van der Waals surface area contributed by atoms with Gasteiger partial charge in [0, 0.05) is 19.6 Å². The number of methoxy groups -OCH3 is 1. The molecule has 0 saturated heterocycles. The molecule has 0 heterocycles. The van der Waals surface area contributed by atoms with Crippen LogP contribution in [0.5, 0.6) is 0 Å². The number of urea groups is 1. The molecule has 2 N–H and O–H groups in total. The van der Waals surface area contributed by atoms with E-state index in [0.717, 1.165) is 5.56 Å². The Balaban J connectivity index is 2.71. The number of nitrogens with zero attached hydrogens (tertiary/aromatic N) is 1. The SMILES string of the molecule is CCNC(=O)NC(=O)CN(Cc1ccccc1)C[C@H](C)C(=O)OC. The lowest BCUT2D eigenvalue weighted by Crippen LogP contribution is -2.45. The first-order chi connectivity index (χ1) is 11.5. The van der Waals surface area contributed by atoms with E-state index in [1.165, 1.54) is 7.11 Å². The minimum absolute atomic E-state index is 0.00730. The number of amides is 3. The van der Waals surface area contributed by atoms with Crippen LogP contribution in [0.3, 0.4) is 0 Å². The molecule has 132 valence electrons. The topological polar surface area (TPSA) is 87.7 Å². The third-order valence-electron chi connectivity index (χ3n) is 3.34. The lowest BCUT2D eigenvalue weighted by atomic mass is 10.1. The molecule has 1 rings (SSSR count). The summed E-state index contributed by atoms with van der Waals surface area (Å²) in [5.74, 6) is -1.14. The standard InChI is InChI=1S/C17H25N3O4/c1-4-18-17(23)19-15(21)12-20(10-13(2)16(22)24-3)11-14-8-6-5-7-9-14/h5-9,13H,4,10-12H2,1-3H3,(H2,18,19,21,23)/t13-/m0/s1. The highest BCUT2D eigenvalue weighted by atomic mass is 16.5. The van der Waals surface area contributed by atoms with Crippen molar-refractivity contribution in [1.82, 2.24) is 15.5 Å². The zero-order valence-corrected chi connectivity index (χ0v) is 14.4. The molecule has 0 aliphatic carbocycles. The number of carbonyl (C=O) groups excluding carboxylic acids is 3. The van der Waals surface area contributed by atoms with Gasteiger partial charge >= 0.3 is 12.0 Å². The maximum Gasteiger partial charge on any atom is 0.321 e. The maximum atomic E-state index is 12.0. The van der Waals surface area contributed by atoms with E-state index in [9.17, 15) is 14.4 Å². The number of carbonyl (C=O) groups is 3. The molecule has 24 heavy (non-hydrogen) atoms. The van der Waals surface area contributed by atoms with Gasteiger partial charge in [-0.05, 0) is 12.5 Å². The summed E-state index contributed by atoms with van der Waals surface area (Å²) in [6.07, 6.45) is 0. The molecule has 1 atom stereocenters. The van der Waals surface area contributed by atoms with Crippen LogP contribution in [0, 0.1) is 5.92 Å². The van der Waals surface area contributed by atoms with E-state index in [1.807, 2.05) is 35.2 Å². The van der Waals surface area contributed by atoms with Crippen molar-refractivity contribution in [2.75, 3.05) is 26.7 Å². The molecule has 3 amide bonds. The molecule has 0 aromatic heterocycles. The summed E-state index contributed by atoms with van der Waals surface area (Å²) in [4.78, 5) is 36.9. The Bertz CT molecular complexity index is 548. The van der Waals surface area contributed by atoms with Gasteiger partial charge in [0.05, 0.1) is 19.6 Å². The van der Waals surface area contributed by atoms with Gasteiger partial charge in [0.1, 0.15) is 0 Å². The second-order valence-electron chi connectivity index (χ2n) is 5.49. The van der Waals surface area contributed by atoms with E-state index in [-0.39, 0.29) is 18.4 Å². The highest BCUT2D eigenvalue weighted by Crippen LogP contribution is 2.08. The van der Waals surface area contributed by atoms with Crippen molar-refractivity contribution >= 4 is 17.9 Å². The molecule has 0 aliphatic rings. The average Bonchev–Trinajstić information content (AvgIpc) is 2.54. The Kier molecular flexibility index (Phi) is 8.49. The highest BCUT2D eigenvalue weighted by molar-refractivity contribution is 5.95. The first-order valence-electron chi connectivity index (χ1n) is 7.88. The van der Waals surface area contributed by atoms with Crippen LogP contribution in [0.4, 0.5) is 4.79 Å². The first kappa shape index (κ1) is 19.6. The minimum Gasteiger partial charge on any atom is -0.469 e. The molecule has 1 aromatic carbocycles. The Morgan fingerprint density at radius 1 is 1.21 bits per heavy atom. The molecule has 0 fully saturated rings. The third kappa shape index (κ3) is 7.23. The van der Waals surface area contributed by atoms with Crippen molar-refractivity contribution in [1.29, 1.82) is 0 Å². The van der Waals surface area contributed by atoms with E-state index in [1.54, 1.807) is 13.8 Å². The molecule has 7 nitrogen and oxygen atoms in total. The summed E-state index contributed by atoms with van der Waals surface area (Å²) in [6, 6.07) is 9.09. The number of ether oxygens (including phenoxy) is 1. The fourth-order valence-corrected chi connectivity index (χ4v) is 2.26. The normalized spacial score (nSPS) is 11.7. The van der Waals surface area contributed by atoms with E-state index >= 15 is 0 Å². The van der Waals surface area contributed by atoms with Crippen LogP contribution in [-0.2, 0) is 20.9 Å². The number of rotatable bonds is 8. The smallest absolute Gasteiger partial charge is 0.321 e. The van der Waals surface area contributed by atoms with E-state index in [0.29, 0.717) is 19.6 Å². The predicted molar refractivity (Wildman–Crippen MR) is 90.1 cm³/mol. The van der Waals surface area contributed by atoms with Crippen LogP contribution in [0.25, 0.3) is 0 Å². The van der Waals surface area contributed by atoms with Crippen LogP contribution >= 0.6 is 0 Å². The van der Waals surface area contributed by atoms with Gasteiger partial charge in [0.15, 0.2) is 0 Å². The van der Waals surface area contributed by atoms with Crippen molar-refractivity contribution < 1.29 is 19.1 Å². The van der Waals surface area contributed by atoms with E-state index in [4.69, 9.17) is 4.74 Å². The van der Waals surface area contributed by atoms with Crippen molar-refractivity contribution in [3.8, 4) is 0 Å². The lowest BCUT2D eigenvalue weighted by molar-refractivity contribution is -0.145. The fraction of sp³-hybridized carbons (Fsp3) is 0.471. The van der Waals surface area contributed by atoms with Crippen LogP contribution in [0.1, 0.15) is 19.4 Å². The van der Waals surface area contributed by atoms with E-state index < -0.39 is 11.9 Å². The third-order valence-corrected chi connectivity index (χ3v) is 3.34. The number of esters is 1. The van der Waals surface area contributed by atoms with Crippen LogP contribution < -0.4 is 10.6 Å². The van der Waals surface area contributed by atoms with E-state index in [2.05, 4.69) is 10.6 Å². The molecule has 1 aromatic rings. The molecule has 0 spiro atoms. The Labute approximate surface area is 142 Å². The molecule has 0 saturated carbocycles. The van der Waals surface area contributed by atoms with Gasteiger partial charge in [-0.15, -0.1) is 0 Å². The molecule has 0 unspecified atom stereocenters. The Morgan fingerprint density at radius 2 is 1.88 bits per heavy atom. The second-order valence-corrected chi connectivity index (χ2v) is 5.49. The summed E-state index contributed by atoms with van der Waals surface area (Å²) in [5.41, 5.74) is 1.01. The molecule has 0 bridgehead atoms. The van der Waals surface area contributed by atoms with Crippen molar-refractivity contribution in [2.45, 2.75) is 20.4 Å². The van der Waals surface area contributed by atoms with Gasteiger partial charge in [-0.3, -0.25) is 19.8 Å². The number of hydrogen-bond acceptors (Lipinski definition) is 5. The largest absolute Gasteiger partial charge is 0.469 e. The Morgan fingerprint density at radius 3 is 2.46 bits per heavy atom. The number of benzene rings is 1. The lowest BCUT2D eigenvalue weighted by Gasteiger charge is -2.24. The summed E-state index contributed by atoms with van der Waals surface area (Å²) in [6.45, 7) is 4.80. The van der Waals surface area contributed by atoms with Gasteiger partial charge in [-0.1, -0.05) is 37.3 Å². The van der Waals surface area contributed by atoms with Gasteiger partial charge in [0.2, 0.25) is 5.91 Å². The molecule has 7 heteroatoms. The average molecular weight is 335 g/mol. The quantitative estimate of drug-likeness (QED) is 0.696. The number of hydrogen-bond donors (Lipinski definition) is 2. The summed E-state index contributed by atoms with van der Waals surface area (Å²) in [5, 5.41) is 4.77. The molecule has 0 aliphatic heterocycles. The highest BCUT2D eigenvalue weighted by Gasteiger charge is 2.20. The van der Waals surface area contributed by atoms with Crippen molar-refractivity contribution in [2.24, 2.45) is 5.92 Å². The monoisotopic (exact) mass is 335 g/mol.